The number of likely N-dealkylation sites (tertiary alicyclic amines) is 1. The van der Waals surface area contributed by atoms with E-state index in [-0.39, 0.29) is 12.4 Å². The third-order valence-electron chi connectivity index (χ3n) is 3.48. The van der Waals surface area contributed by atoms with Crippen molar-refractivity contribution in [2.24, 2.45) is 0 Å². The first kappa shape index (κ1) is 10.3. The molecule has 72 valence electrons. The number of nitrogens with zero attached hydrogens (tertiary/aromatic N) is 1. The van der Waals surface area contributed by atoms with E-state index < -0.39 is 0 Å². The maximum atomic E-state index is 3.43. The third kappa shape index (κ3) is 1.61. The SMILES string of the molecule is CN1CCCC12CCNCC2.Cl. The molecule has 3 heteroatoms. The van der Waals surface area contributed by atoms with E-state index in [0.717, 1.165) is 0 Å². The van der Waals surface area contributed by atoms with Gasteiger partial charge in [-0.1, -0.05) is 0 Å². The van der Waals surface area contributed by atoms with Crippen LogP contribution in [0.1, 0.15) is 25.7 Å². The van der Waals surface area contributed by atoms with Crippen LogP contribution < -0.4 is 5.32 Å². The minimum atomic E-state index is 0. The van der Waals surface area contributed by atoms with Crippen LogP contribution in [-0.4, -0.2) is 37.1 Å². The molecule has 0 aromatic heterocycles. The van der Waals surface area contributed by atoms with E-state index in [2.05, 4.69) is 17.3 Å². The summed E-state index contributed by atoms with van der Waals surface area (Å²) in [5, 5.41) is 3.43. The van der Waals surface area contributed by atoms with Crippen molar-refractivity contribution in [3.05, 3.63) is 0 Å². The molecule has 0 amide bonds. The van der Waals surface area contributed by atoms with Gasteiger partial charge in [0.15, 0.2) is 0 Å². The molecule has 12 heavy (non-hydrogen) atoms. The molecule has 2 nitrogen and oxygen atoms in total. The van der Waals surface area contributed by atoms with Crippen molar-refractivity contribution in [3.63, 3.8) is 0 Å². The van der Waals surface area contributed by atoms with Gasteiger partial charge in [-0.2, -0.15) is 0 Å². The summed E-state index contributed by atoms with van der Waals surface area (Å²) in [6, 6.07) is 0. The summed E-state index contributed by atoms with van der Waals surface area (Å²) < 4.78 is 0. The highest BCUT2D eigenvalue weighted by Crippen LogP contribution is 2.34. The fraction of sp³-hybridized carbons (Fsp3) is 1.00. The van der Waals surface area contributed by atoms with Gasteiger partial charge in [0.05, 0.1) is 0 Å². The van der Waals surface area contributed by atoms with Gasteiger partial charge in [0.1, 0.15) is 0 Å². The smallest absolute Gasteiger partial charge is 0.0231 e. The number of nitrogens with one attached hydrogen (secondary N) is 1. The molecule has 0 atom stereocenters. The Balaban J connectivity index is 0.000000720. The van der Waals surface area contributed by atoms with Gasteiger partial charge in [-0.05, 0) is 52.4 Å². The Labute approximate surface area is 81.1 Å². The lowest BCUT2D eigenvalue weighted by Gasteiger charge is -2.39. The zero-order chi connectivity index (χ0) is 7.73. The van der Waals surface area contributed by atoms with Crippen molar-refractivity contribution in [1.82, 2.24) is 10.2 Å². The van der Waals surface area contributed by atoms with Gasteiger partial charge >= 0.3 is 0 Å². The van der Waals surface area contributed by atoms with E-state index in [9.17, 15) is 0 Å². The predicted molar refractivity (Wildman–Crippen MR) is 53.9 cm³/mol. The molecule has 2 aliphatic heterocycles. The second-order valence-corrected chi connectivity index (χ2v) is 4.00. The van der Waals surface area contributed by atoms with Gasteiger partial charge in [0.25, 0.3) is 0 Å². The zero-order valence-electron chi connectivity index (χ0n) is 7.81. The first-order valence-corrected chi connectivity index (χ1v) is 4.75. The standard InChI is InChI=1S/C9H18N2.ClH/c1-11-8-2-3-9(11)4-6-10-7-5-9;/h10H,2-8H2,1H3;1H. The molecular weight excluding hydrogens is 172 g/mol. The van der Waals surface area contributed by atoms with Crippen LogP contribution in [0.4, 0.5) is 0 Å². The summed E-state index contributed by atoms with van der Waals surface area (Å²) in [4.78, 5) is 2.58. The largest absolute Gasteiger partial charge is 0.317 e. The lowest BCUT2D eigenvalue weighted by molar-refractivity contribution is 0.128. The Hall–Kier alpha value is 0.210. The molecule has 0 unspecified atom stereocenters. The minimum absolute atomic E-state index is 0. The van der Waals surface area contributed by atoms with Crippen LogP contribution in [-0.2, 0) is 0 Å². The lowest BCUT2D eigenvalue weighted by Crippen LogP contribution is -2.49. The zero-order valence-corrected chi connectivity index (χ0v) is 8.62. The van der Waals surface area contributed by atoms with E-state index in [0.29, 0.717) is 5.54 Å². The van der Waals surface area contributed by atoms with Crippen LogP contribution in [0.15, 0.2) is 0 Å². The van der Waals surface area contributed by atoms with Crippen LogP contribution in [0, 0.1) is 0 Å². The van der Waals surface area contributed by atoms with Crippen molar-refractivity contribution in [1.29, 1.82) is 0 Å². The Bertz CT molecular complexity index is 143. The molecule has 1 N–H and O–H groups in total. The Morgan fingerprint density at radius 1 is 1.17 bits per heavy atom. The van der Waals surface area contributed by atoms with Crippen molar-refractivity contribution < 1.29 is 0 Å². The summed E-state index contributed by atoms with van der Waals surface area (Å²) in [7, 11) is 2.29. The molecule has 1 spiro atoms. The van der Waals surface area contributed by atoms with Gasteiger partial charge in [0, 0.05) is 5.54 Å². The highest BCUT2D eigenvalue weighted by molar-refractivity contribution is 5.85. The third-order valence-corrected chi connectivity index (χ3v) is 3.48. The monoisotopic (exact) mass is 190 g/mol. The molecule has 0 radical (unpaired) electrons. The van der Waals surface area contributed by atoms with Gasteiger partial charge in [-0.3, -0.25) is 0 Å². The Morgan fingerprint density at radius 2 is 1.83 bits per heavy atom. The molecular formula is C9H19ClN2. The van der Waals surface area contributed by atoms with Crippen LogP contribution in [0.5, 0.6) is 0 Å². The molecule has 2 aliphatic rings. The number of hydrogen-bond acceptors (Lipinski definition) is 2. The molecule has 2 rings (SSSR count). The van der Waals surface area contributed by atoms with Crippen LogP contribution in [0.2, 0.25) is 0 Å². The van der Waals surface area contributed by atoms with E-state index in [1.54, 1.807) is 0 Å². The molecule has 0 bridgehead atoms. The van der Waals surface area contributed by atoms with Crippen molar-refractivity contribution in [3.8, 4) is 0 Å². The molecule has 0 aliphatic carbocycles. The Kier molecular flexibility index (Phi) is 3.38. The summed E-state index contributed by atoms with van der Waals surface area (Å²) in [6.45, 7) is 3.77. The van der Waals surface area contributed by atoms with Crippen molar-refractivity contribution in [2.45, 2.75) is 31.2 Å². The summed E-state index contributed by atoms with van der Waals surface area (Å²) in [5.74, 6) is 0. The van der Waals surface area contributed by atoms with Crippen molar-refractivity contribution >= 4 is 12.4 Å². The molecule has 0 aromatic carbocycles. The average Bonchev–Trinajstić information content (AvgIpc) is 2.36. The van der Waals surface area contributed by atoms with Crippen LogP contribution in [0.25, 0.3) is 0 Å². The topological polar surface area (TPSA) is 15.3 Å². The quantitative estimate of drug-likeness (QED) is 0.619. The summed E-state index contributed by atoms with van der Waals surface area (Å²) in [5.41, 5.74) is 0.602. The normalized spacial score (nSPS) is 28.8. The van der Waals surface area contributed by atoms with Gasteiger partial charge < -0.3 is 10.2 Å². The summed E-state index contributed by atoms with van der Waals surface area (Å²) >= 11 is 0. The number of piperidine rings is 1. The number of rotatable bonds is 0. The van der Waals surface area contributed by atoms with E-state index >= 15 is 0 Å². The van der Waals surface area contributed by atoms with E-state index in [1.165, 1.54) is 45.3 Å². The maximum Gasteiger partial charge on any atom is 0.0231 e. The van der Waals surface area contributed by atoms with Crippen LogP contribution >= 0.6 is 12.4 Å². The van der Waals surface area contributed by atoms with E-state index in [1.807, 2.05) is 0 Å². The molecule has 2 saturated heterocycles. The first-order valence-electron chi connectivity index (χ1n) is 4.75. The maximum absolute atomic E-state index is 3.43. The fourth-order valence-corrected chi connectivity index (χ4v) is 2.60. The molecule has 0 saturated carbocycles. The predicted octanol–water partition coefficient (Wildman–Crippen LogP) is 1.26. The fourth-order valence-electron chi connectivity index (χ4n) is 2.60. The average molecular weight is 191 g/mol. The van der Waals surface area contributed by atoms with Gasteiger partial charge in [-0.15, -0.1) is 12.4 Å². The van der Waals surface area contributed by atoms with Crippen molar-refractivity contribution in [2.75, 3.05) is 26.7 Å². The highest BCUT2D eigenvalue weighted by atomic mass is 35.5. The van der Waals surface area contributed by atoms with Gasteiger partial charge in [-0.25, -0.2) is 0 Å². The molecule has 0 aromatic rings. The second kappa shape index (κ2) is 3.95. The lowest BCUT2D eigenvalue weighted by atomic mass is 9.86. The van der Waals surface area contributed by atoms with E-state index in [4.69, 9.17) is 0 Å². The first-order chi connectivity index (χ1) is 5.33. The van der Waals surface area contributed by atoms with Gasteiger partial charge in [0.2, 0.25) is 0 Å². The summed E-state index contributed by atoms with van der Waals surface area (Å²) in [6.07, 6.45) is 5.58. The Morgan fingerprint density at radius 3 is 2.33 bits per heavy atom. The number of halogens is 1. The molecule has 2 heterocycles. The highest BCUT2D eigenvalue weighted by Gasteiger charge is 2.38. The second-order valence-electron chi connectivity index (χ2n) is 4.00. The van der Waals surface area contributed by atoms with Crippen LogP contribution in [0.3, 0.4) is 0 Å². The number of hydrogen-bond donors (Lipinski definition) is 1. The minimum Gasteiger partial charge on any atom is -0.317 e. The molecule has 2 fully saturated rings.